The lowest BCUT2D eigenvalue weighted by Gasteiger charge is -2.34. The van der Waals surface area contributed by atoms with Gasteiger partial charge in [0.05, 0.1) is 33.2 Å². The molecule has 1 aliphatic rings. The molecule has 0 aromatic heterocycles. The Kier molecular flexibility index (Phi) is 7.80. The first-order valence-corrected chi connectivity index (χ1v) is 9.37. The number of esters is 1. The molecule has 1 heterocycles. The number of amides is 2. The van der Waals surface area contributed by atoms with Crippen LogP contribution in [0.3, 0.4) is 0 Å². The highest BCUT2D eigenvalue weighted by atomic mass is 16.5. The van der Waals surface area contributed by atoms with Crippen molar-refractivity contribution in [1.82, 2.24) is 15.5 Å². The number of hydrogen-bond donors (Lipinski definition) is 2. The van der Waals surface area contributed by atoms with Crippen molar-refractivity contribution in [3.63, 3.8) is 0 Å². The van der Waals surface area contributed by atoms with Crippen molar-refractivity contribution in [2.75, 3.05) is 33.9 Å². The fourth-order valence-electron chi connectivity index (χ4n) is 3.26. The second kappa shape index (κ2) is 10.1. The molecule has 0 bridgehead atoms. The summed E-state index contributed by atoms with van der Waals surface area (Å²) in [7, 11) is 2.89. The third-order valence-corrected chi connectivity index (χ3v) is 4.83. The molecule has 2 unspecified atom stereocenters. The van der Waals surface area contributed by atoms with Gasteiger partial charge in [0.2, 0.25) is 11.8 Å². The van der Waals surface area contributed by atoms with Crippen LogP contribution in [0, 0.1) is 5.92 Å². The molecular weight excluding hydrogens is 362 g/mol. The first-order valence-electron chi connectivity index (χ1n) is 9.37. The van der Waals surface area contributed by atoms with Crippen LogP contribution in [0.5, 0.6) is 5.75 Å². The largest absolute Gasteiger partial charge is 0.497 e. The molecule has 1 saturated heterocycles. The Hall–Kier alpha value is -2.61. The highest BCUT2D eigenvalue weighted by Gasteiger charge is 2.33. The molecule has 0 aliphatic carbocycles. The molecule has 8 heteroatoms. The van der Waals surface area contributed by atoms with Crippen molar-refractivity contribution < 1.29 is 23.9 Å². The zero-order valence-corrected chi connectivity index (χ0v) is 16.9. The number of piperazine rings is 1. The molecule has 1 aromatic carbocycles. The van der Waals surface area contributed by atoms with Crippen LogP contribution in [-0.2, 0) is 19.1 Å². The Morgan fingerprint density at radius 3 is 2.50 bits per heavy atom. The maximum absolute atomic E-state index is 12.7. The van der Waals surface area contributed by atoms with E-state index >= 15 is 0 Å². The van der Waals surface area contributed by atoms with Gasteiger partial charge in [-0.15, -0.1) is 0 Å². The summed E-state index contributed by atoms with van der Waals surface area (Å²) in [6.45, 7) is 5.03. The van der Waals surface area contributed by atoms with E-state index in [0.717, 1.165) is 11.3 Å². The number of methoxy groups -OCH3 is 2. The average Bonchev–Trinajstić information content (AvgIpc) is 2.68. The number of nitrogens with one attached hydrogen (secondary N) is 2. The molecular formula is C20H29N3O5. The summed E-state index contributed by atoms with van der Waals surface area (Å²) in [5, 5.41) is 5.78. The average molecular weight is 391 g/mol. The van der Waals surface area contributed by atoms with Gasteiger partial charge >= 0.3 is 5.97 Å². The molecule has 1 fully saturated rings. The van der Waals surface area contributed by atoms with Crippen LogP contribution in [0.4, 0.5) is 0 Å². The SMILES string of the molecule is COC(=O)CC1C(=O)NCCN1CC(=O)NC(c1ccc(OC)cc1)C(C)C. The van der Waals surface area contributed by atoms with Gasteiger partial charge in [0.15, 0.2) is 0 Å². The molecule has 2 rings (SSSR count). The smallest absolute Gasteiger partial charge is 0.307 e. The topological polar surface area (TPSA) is 97.0 Å². The van der Waals surface area contributed by atoms with Crippen molar-refractivity contribution in [2.24, 2.45) is 5.92 Å². The molecule has 1 aromatic rings. The van der Waals surface area contributed by atoms with E-state index in [0.29, 0.717) is 13.1 Å². The molecule has 28 heavy (non-hydrogen) atoms. The van der Waals surface area contributed by atoms with Crippen LogP contribution >= 0.6 is 0 Å². The molecule has 2 atom stereocenters. The Bertz CT molecular complexity index is 690. The van der Waals surface area contributed by atoms with Gasteiger partial charge in [-0.25, -0.2) is 0 Å². The minimum atomic E-state index is -0.703. The monoisotopic (exact) mass is 391 g/mol. The fraction of sp³-hybridized carbons (Fsp3) is 0.550. The zero-order valence-electron chi connectivity index (χ0n) is 16.9. The minimum Gasteiger partial charge on any atom is -0.497 e. The van der Waals surface area contributed by atoms with E-state index in [2.05, 4.69) is 15.4 Å². The molecule has 0 spiro atoms. The van der Waals surface area contributed by atoms with Crippen LogP contribution in [0.15, 0.2) is 24.3 Å². The van der Waals surface area contributed by atoms with Gasteiger partial charge in [-0.1, -0.05) is 26.0 Å². The zero-order chi connectivity index (χ0) is 20.7. The summed E-state index contributed by atoms with van der Waals surface area (Å²) in [5.74, 6) is -0.0136. The predicted octanol–water partition coefficient (Wildman–Crippen LogP) is 0.872. The molecule has 0 saturated carbocycles. The van der Waals surface area contributed by atoms with E-state index in [4.69, 9.17) is 4.74 Å². The summed E-state index contributed by atoms with van der Waals surface area (Å²) < 4.78 is 9.86. The highest BCUT2D eigenvalue weighted by Crippen LogP contribution is 2.24. The second-order valence-electron chi connectivity index (χ2n) is 7.12. The molecule has 2 N–H and O–H groups in total. The maximum atomic E-state index is 12.7. The van der Waals surface area contributed by atoms with Crippen LogP contribution < -0.4 is 15.4 Å². The van der Waals surface area contributed by atoms with Crippen molar-refractivity contribution in [3.8, 4) is 5.75 Å². The lowest BCUT2D eigenvalue weighted by Crippen LogP contribution is -2.58. The van der Waals surface area contributed by atoms with Gasteiger partial charge in [0, 0.05) is 13.1 Å². The number of rotatable bonds is 8. The quantitative estimate of drug-likeness (QED) is 0.639. The summed E-state index contributed by atoms with van der Waals surface area (Å²) in [6, 6.07) is 6.70. The number of carbonyl (C=O) groups is 3. The first kappa shape index (κ1) is 21.7. The molecule has 0 radical (unpaired) electrons. The standard InChI is InChI=1S/C20H29N3O5/c1-13(2)19(14-5-7-15(27-3)8-6-14)22-17(24)12-23-10-9-21-20(26)16(23)11-18(25)28-4/h5-8,13,16,19H,9-12H2,1-4H3,(H,21,26)(H,22,24). The van der Waals surface area contributed by atoms with Gasteiger partial charge in [0.25, 0.3) is 0 Å². The number of carbonyl (C=O) groups excluding carboxylic acids is 3. The lowest BCUT2D eigenvalue weighted by molar-refractivity contribution is -0.146. The summed E-state index contributed by atoms with van der Waals surface area (Å²) in [6.07, 6.45) is -0.0816. The Morgan fingerprint density at radius 2 is 1.93 bits per heavy atom. The van der Waals surface area contributed by atoms with E-state index < -0.39 is 12.0 Å². The number of ether oxygens (including phenoxy) is 2. The summed E-state index contributed by atoms with van der Waals surface area (Å²) >= 11 is 0. The second-order valence-corrected chi connectivity index (χ2v) is 7.12. The molecule has 8 nitrogen and oxygen atoms in total. The fourth-order valence-corrected chi connectivity index (χ4v) is 3.26. The van der Waals surface area contributed by atoms with Crippen molar-refractivity contribution in [2.45, 2.75) is 32.4 Å². The highest BCUT2D eigenvalue weighted by molar-refractivity contribution is 5.88. The van der Waals surface area contributed by atoms with Gasteiger partial charge < -0.3 is 20.1 Å². The third kappa shape index (κ3) is 5.69. The first-order chi connectivity index (χ1) is 13.3. The van der Waals surface area contributed by atoms with E-state index in [1.807, 2.05) is 38.1 Å². The van der Waals surface area contributed by atoms with Gasteiger partial charge in [-0.2, -0.15) is 0 Å². The van der Waals surface area contributed by atoms with Crippen molar-refractivity contribution in [1.29, 1.82) is 0 Å². The summed E-state index contributed by atoms with van der Waals surface area (Å²) in [4.78, 5) is 38.2. The van der Waals surface area contributed by atoms with Crippen LogP contribution in [0.1, 0.15) is 31.9 Å². The molecule has 1 aliphatic heterocycles. The number of benzene rings is 1. The van der Waals surface area contributed by atoms with E-state index in [1.54, 1.807) is 12.0 Å². The summed E-state index contributed by atoms with van der Waals surface area (Å²) in [5.41, 5.74) is 0.978. The molecule has 154 valence electrons. The van der Waals surface area contributed by atoms with Crippen LogP contribution in [0.25, 0.3) is 0 Å². The van der Waals surface area contributed by atoms with Crippen molar-refractivity contribution in [3.05, 3.63) is 29.8 Å². The maximum Gasteiger partial charge on any atom is 0.307 e. The Morgan fingerprint density at radius 1 is 1.25 bits per heavy atom. The van der Waals surface area contributed by atoms with E-state index in [1.165, 1.54) is 7.11 Å². The third-order valence-electron chi connectivity index (χ3n) is 4.83. The molecule has 2 amide bonds. The van der Waals surface area contributed by atoms with Gasteiger partial charge in [-0.3, -0.25) is 19.3 Å². The Balaban J connectivity index is 2.05. The lowest BCUT2D eigenvalue weighted by atomic mass is 9.96. The van der Waals surface area contributed by atoms with E-state index in [-0.39, 0.29) is 36.7 Å². The number of nitrogens with zero attached hydrogens (tertiary/aromatic N) is 1. The van der Waals surface area contributed by atoms with E-state index in [9.17, 15) is 14.4 Å². The minimum absolute atomic E-state index is 0.0362. The predicted molar refractivity (Wildman–Crippen MR) is 104 cm³/mol. The number of hydrogen-bond acceptors (Lipinski definition) is 6. The Labute approximate surface area is 165 Å². The normalized spacial score (nSPS) is 18.3. The van der Waals surface area contributed by atoms with Crippen LogP contribution in [0.2, 0.25) is 0 Å². The van der Waals surface area contributed by atoms with Crippen molar-refractivity contribution >= 4 is 17.8 Å². The van der Waals surface area contributed by atoms with Gasteiger partial charge in [0.1, 0.15) is 11.8 Å². The van der Waals surface area contributed by atoms with Gasteiger partial charge in [-0.05, 0) is 23.6 Å². The van der Waals surface area contributed by atoms with Crippen LogP contribution in [-0.4, -0.2) is 62.6 Å².